The SMILES string of the molecule is COc1ccc2c(c1)nc(SCC(=O)N/N=C(\C)c1ccc(Br)s1)n2C. The zero-order valence-corrected chi connectivity index (χ0v) is 17.7. The van der Waals surface area contributed by atoms with Crippen LogP contribution in [0.25, 0.3) is 11.0 Å². The predicted octanol–water partition coefficient (Wildman–Crippen LogP) is 4.04. The normalized spacial score (nSPS) is 11.8. The second-order valence-corrected chi connectivity index (χ2v) is 8.84. The lowest BCUT2D eigenvalue weighted by molar-refractivity contribution is -0.118. The molecule has 1 N–H and O–H groups in total. The van der Waals surface area contributed by atoms with Crippen molar-refractivity contribution < 1.29 is 9.53 Å². The third-order valence-electron chi connectivity index (χ3n) is 3.66. The lowest BCUT2D eigenvalue weighted by Crippen LogP contribution is -2.21. The Morgan fingerprint density at radius 1 is 1.42 bits per heavy atom. The van der Waals surface area contributed by atoms with Crippen LogP contribution in [-0.2, 0) is 11.8 Å². The van der Waals surface area contributed by atoms with E-state index in [-0.39, 0.29) is 11.7 Å². The van der Waals surface area contributed by atoms with Gasteiger partial charge in [-0.15, -0.1) is 11.3 Å². The molecule has 0 bridgehead atoms. The smallest absolute Gasteiger partial charge is 0.250 e. The van der Waals surface area contributed by atoms with E-state index in [1.807, 2.05) is 48.9 Å². The number of fused-ring (bicyclic) bond motifs is 1. The molecule has 6 nitrogen and oxygen atoms in total. The van der Waals surface area contributed by atoms with Crippen molar-refractivity contribution in [3.8, 4) is 5.75 Å². The second kappa shape index (κ2) is 8.24. The Balaban J connectivity index is 1.62. The number of thioether (sulfide) groups is 1. The van der Waals surface area contributed by atoms with Gasteiger partial charge in [0.05, 0.1) is 38.3 Å². The van der Waals surface area contributed by atoms with E-state index >= 15 is 0 Å². The van der Waals surface area contributed by atoms with Crippen molar-refractivity contribution in [2.24, 2.45) is 12.1 Å². The van der Waals surface area contributed by atoms with Gasteiger partial charge in [0, 0.05) is 13.1 Å². The Morgan fingerprint density at radius 3 is 2.92 bits per heavy atom. The van der Waals surface area contributed by atoms with Gasteiger partial charge in [0.2, 0.25) is 0 Å². The maximum absolute atomic E-state index is 12.1. The Morgan fingerprint density at radius 2 is 2.23 bits per heavy atom. The summed E-state index contributed by atoms with van der Waals surface area (Å²) >= 11 is 6.36. The Hall–Kier alpha value is -1.84. The number of hydrogen-bond acceptors (Lipinski definition) is 6. The molecule has 9 heteroatoms. The molecule has 0 saturated carbocycles. The fraction of sp³-hybridized carbons (Fsp3) is 0.235. The number of imidazole rings is 1. The molecule has 0 saturated heterocycles. The van der Waals surface area contributed by atoms with Crippen molar-refractivity contribution in [2.45, 2.75) is 12.1 Å². The number of carbonyl (C=O) groups excluding carboxylic acids is 1. The van der Waals surface area contributed by atoms with Crippen molar-refractivity contribution in [2.75, 3.05) is 12.9 Å². The molecule has 1 amide bonds. The van der Waals surface area contributed by atoms with Crippen LogP contribution in [0.4, 0.5) is 0 Å². The molecule has 3 rings (SSSR count). The Labute approximate surface area is 167 Å². The van der Waals surface area contributed by atoms with Gasteiger partial charge in [-0.3, -0.25) is 4.79 Å². The highest BCUT2D eigenvalue weighted by molar-refractivity contribution is 9.11. The summed E-state index contributed by atoms with van der Waals surface area (Å²) in [6.07, 6.45) is 0. The first-order chi connectivity index (χ1) is 12.5. The number of benzene rings is 1. The van der Waals surface area contributed by atoms with Gasteiger partial charge in [0.1, 0.15) is 5.75 Å². The standard InChI is InChI=1S/C17H17BrN4O2S2/c1-10(14-6-7-15(18)26-14)20-21-16(23)9-25-17-19-12-8-11(24-3)4-5-13(12)22(17)2/h4-8H,9H2,1-3H3,(H,21,23)/b20-10+. The molecule has 0 radical (unpaired) electrons. The van der Waals surface area contributed by atoms with Gasteiger partial charge in [0.25, 0.3) is 5.91 Å². The first-order valence-corrected chi connectivity index (χ1v) is 10.3. The number of hydrogen-bond donors (Lipinski definition) is 1. The van der Waals surface area contributed by atoms with Crippen LogP contribution in [0.1, 0.15) is 11.8 Å². The summed E-state index contributed by atoms with van der Waals surface area (Å²) in [5, 5.41) is 4.93. The molecule has 3 aromatic rings. The van der Waals surface area contributed by atoms with E-state index in [1.165, 1.54) is 11.8 Å². The van der Waals surface area contributed by atoms with Gasteiger partial charge in [-0.1, -0.05) is 11.8 Å². The molecular formula is C17H17BrN4O2S2. The first kappa shape index (κ1) is 18.9. The molecular weight excluding hydrogens is 436 g/mol. The molecule has 0 aliphatic carbocycles. The monoisotopic (exact) mass is 452 g/mol. The lowest BCUT2D eigenvalue weighted by atomic mass is 10.3. The summed E-state index contributed by atoms with van der Waals surface area (Å²) in [5.74, 6) is 0.823. The highest BCUT2D eigenvalue weighted by atomic mass is 79.9. The zero-order valence-electron chi connectivity index (χ0n) is 14.4. The number of aryl methyl sites for hydroxylation is 1. The number of thiophene rings is 1. The molecule has 136 valence electrons. The number of halogens is 1. The topological polar surface area (TPSA) is 68.5 Å². The van der Waals surface area contributed by atoms with Crippen LogP contribution in [0.5, 0.6) is 5.75 Å². The zero-order chi connectivity index (χ0) is 18.7. The van der Waals surface area contributed by atoms with Crippen molar-refractivity contribution >= 4 is 61.7 Å². The molecule has 0 atom stereocenters. The number of ether oxygens (including phenoxy) is 1. The lowest BCUT2D eigenvalue weighted by Gasteiger charge is -2.03. The average Bonchev–Trinajstić information content (AvgIpc) is 3.21. The second-order valence-electron chi connectivity index (χ2n) is 5.43. The molecule has 26 heavy (non-hydrogen) atoms. The molecule has 0 aliphatic heterocycles. The number of hydrazone groups is 1. The van der Waals surface area contributed by atoms with E-state index in [0.29, 0.717) is 0 Å². The largest absolute Gasteiger partial charge is 0.497 e. The fourth-order valence-electron chi connectivity index (χ4n) is 2.29. The summed E-state index contributed by atoms with van der Waals surface area (Å²) in [6.45, 7) is 1.87. The van der Waals surface area contributed by atoms with Crippen LogP contribution in [0.15, 0.2) is 44.4 Å². The summed E-state index contributed by atoms with van der Waals surface area (Å²) in [4.78, 5) is 17.7. The molecule has 1 aromatic carbocycles. The average molecular weight is 453 g/mol. The summed E-state index contributed by atoms with van der Waals surface area (Å²) in [5.41, 5.74) is 5.20. The van der Waals surface area contributed by atoms with Gasteiger partial charge >= 0.3 is 0 Å². The minimum absolute atomic E-state index is 0.172. The Kier molecular flexibility index (Phi) is 6.00. The quantitative estimate of drug-likeness (QED) is 0.348. The molecule has 0 fully saturated rings. The van der Waals surface area contributed by atoms with Crippen LogP contribution < -0.4 is 10.2 Å². The predicted molar refractivity (Wildman–Crippen MR) is 110 cm³/mol. The minimum atomic E-state index is -0.172. The molecule has 0 spiro atoms. The maximum atomic E-state index is 12.1. The number of nitrogens with zero attached hydrogens (tertiary/aromatic N) is 3. The number of rotatable bonds is 6. The van der Waals surface area contributed by atoms with Crippen LogP contribution in [0.2, 0.25) is 0 Å². The summed E-state index contributed by atoms with van der Waals surface area (Å²) in [7, 11) is 3.56. The number of nitrogens with one attached hydrogen (secondary N) is 1. The molecule has 0 aliphatic rings. The molecule has 0 unspecified atom stereocenters. The van der Waals surface area contributed by atoms with E-state index in [9.17, 15) is 4.79 Å². The summed E-state index contributed by atoms with van der Waals surface area (Å²) in [6, 6.07) is 9.65. The van der Waals surface area contributed by atoms with Gasteiger partial charge in [-0.05, 0) is 47.1 Å². The first-order valence-electron chi connectivity index (χ1n) is 7.70. The van der Waals surface area contributed by atoms with Crippen LogP contribution in [0, 0.1) is 0 Å². The maximum Gasteiger partial charge on any atom is 0.250 e. The van der Waals surface area contributed by atoms with Crippen molar-refractivity contribution in [3.05, 3.63) is 39.0 Å². The number of methoxy groups -OCH3 is 1. The fourth-order valence-corrected chi connectivity index (χ4v) is 4.40. The number of amides is 1. The van der Waals surface area contributed by atoms with E-state index in [2.05, 4.69) is 31.4 Å². The highest BCUT2D eigenvalue weighted by Crippen LogP contribution is 2.26. The van der Waals surface area contributed by atoms with E-state index in [1.54, 1.807) is 18.4 Å². The number of carbonyl (C=O) groups is 1. The van der Waals surface area contributed by atoms with E-state index in [0.717, 1.165) is 36.3 Å². The van der Waals surface area contributed by atoms with Crippen molar-refractivity contribution in [1.82, 2.24) is 15.0 Å². The third-order valence-corrected chi connectivity index (χ3v) is 6.42. The highest BCUT2D eigenvalue weighted by Gasteiger charge is 2.11. The third kappa shape index (κ3) is 4.28. The minimum Gasteiger partial charge on any atom is -0.497 e. The molecule has 2 heterocycles. The summed E-state index contributed by atoms with van der Waals surface area (Å²) < 4.78 is 8.22. The van der Waals surface area contributed by atoms with Crippen LogP contribution in [0.3, 0.4) is 0 Å². The van der Waals surface area contributed by atoms with Gasteiger partial charge in [-0.25, -0.2) is 10.4 Å². The van der Waals surface area contributed by atoms with Gasteiger partial charge < -0.3 is 9.30 Å². The van der Waals surface area contributed by atoms with Gasteiger partial charge in [0.15, 0.2) is 5.16 Å². The Bertz CT molecular complexity index is 980. The van der Waals surface area contributed by atoms with E-state index in [4.69, 9.17) is 4.74 Å². The van der Waals surface area contributed by atoms with Crippen molar-refractivity contribution in [1.29, 1.82) is 0 Å². The van der Waals surface area contributed by atoms with Crippen LogP contribution >= 0.6 is 39.0 Å². The molecule has 2 aromatic heterocycles. The van der Waals surface area contributed by atoms with Crippen molar-refractivity contribution in [3.63, 3.8) is 0 Å². The van der Waals surface area contributed by atoms with E-state index < -0.39 is 0 Å². The van der Waals surface area contributed by atoms with Crippen LogP contribution in [-0.4, -0.2) is 34.0 Å². The van der Waals surface area contributed by atoms with Gasteiger partial charge in [-0.2, -0.15) is 5.10 Å². The number of aromatic nitrogens is 2.